The van der Waals surface area contributed by atoms with Gasteiger partial charge in [0.2, 0.25) is 0 Å². The summed E-state index contributed by atoms with van der Waals surface area (Å²) in [5.74, 6) is 0. The molecule has 0 N–H and O–H groups in total. The van der Waals surface area contributed by atoms with E-state index in [1.54, 1.807) is 0 Å². The lowest BCUT2D eigenvalue weighted by Crippen LogP contribution is -2.32. The molecule has 1 aromatic carbocycles. The summed E-state index contributed by atoms with van der Waals surface area (Å²) < 4.78 is 11.8. The molecule has 0 radical (unpaired) electrons. The average Bonchev–Trinajstić information content (AvgIpc) is 2.58. The molecule has 1 aliphatic heterocycles. The fraction of sp³-hybridized carbons (Fsp3) is 0.600. The molecule has 2 nitrogen and oxygen atoms in total. The van der Waals surface area contributed by atoms with Gasteiger partial charge in [0.05, 0.1) is 6.10 Å². The highest BCUT2D eigenvalue weighted by Gasteiger charge is 2.31. The van der Waals surface area contributed by atoms with Gasteiger partial charge in [-0.05, 0) is 68.1 Å². The van der Waals surface area contributed by atoms with Crippen LogP contribution in [0.5, 0.6) is 0 Å². The first-order valence-corrected chi connectivity index (χ1v) is 9.23. The van der Waals surface area contributed by atoms with Crippen LogP contribution in [0.4, 0.5) is 0 Å². The summed E-state index contributed by atoms with van der Waals surface area (Å²) in [4.78, 5) is 0. The van der Waals surface area contributed by atoms with Crippen LogP contribution in [-0.4, -0.2) is 19.0 Å². The highest BCUT2D eigenvalue weighted by Crippen LogP contribution is 2.39. The van der Waals surface area contributed by atoms with Gasteiger partial charge in [0.25, 0.3) is 0 Å². The number of ether oxygens (including phenoxy) is 2. The minimum Gasteiger partial charge on any atom is -0.353 e. The summed E-state index contributed by atoms with van der Waals surface area (Å²) in [6, 6.07) is 8.02. The van der Waals surface area contributed by atoms with Crippen LogP contribution < -0.4 is 0 Å². The molecule has 1 aliphatic carbocycles. The van der Waals surface area contributed by atoms with Crippen molar-refractivity contribution < 1.29 is 9.47 Å². The fourth-order valence-electron chi connectivity index (χ4n) is 3.46. The maximum atomic E-state index is 6.14. The molecule has 2 aliphatic rings. The van der Waals surface area contributed by atoms with Crippen molar-refractivity contribution in [3.63, 3.8) is 0 Å². The van der Waals surface area contributed by atoms with E-state index in [0.29, 0.717) is 6.10 Å². The van der Waals surface area contributed by atoms with E-state index in [9.17, 15) is 0 Å². The molecule has 1 saturated carbocycles. The first-order valence-electron chi connectivity index (χ1n) is 8.85. The van der Waals surface area contributed by atoms with E-state index in [0.717, 1.165) is 30.9 Å². The van der Waals surface area contributed by atoms with Crippen molar-refractivity contribution in [3.8, 4) is 0 Å². The van der Waals surface area contributed by atoms with Crippen molar-refractivity contribution in [2.75, 3.05) is 6.61 Å². The van der Waals surface area contributed by atoms with Crippen LogP contribution in [0.1, 0.15) is 57.4 Å². The Kier molecular flexibility index (Phi) is 5.79. The van der Waals surface area contributed by atoms with Gasteiger partial charge >= 0.3 is 0 Å². The van der Waals surface area contributed by atoms with Gasteiger partial charge in [-0.15, -0.1) is 0 Å². The Labute approximate surface area is 144 Å². The van der Waals surface area contributed by atoms with E-state index >= 15 is 0 Å². The average molecular weight is 335 g/mol. The largest absolute Gasteiger partial charge is 0.353 e. The SMILES string of the molecule is CC1(/C=C/c2ccc(Cl)cc2)CCC(OC2CCCCO2)CC1. The van der Waals surface area contributed by atoms with Crippen LogP contribution in [0.2, 0.25) is 5.02 Å². The molecule has 3 rings (SSSR count). The van der Waals surface area contributed by atoms with Crippen molar-refractivity contribution >= 4 is 17.7 Å². The predicted molar refractivity (Wildman–Crippen MR) is 95.5 cm³/mol. The van der Waals surface area contributed by atoms with E-state index in [1.165, 1.54) is 31.2 Å². The van der Waals surface area contributed by atoms with E-state index in [2.05, 4.69) is 31.2 Å². The quantitative estimate of drug-likeness (QED) is 0.688. The van der Waals surface area contributed by atoms with Crippen molar-refractivity contribution in [1.29, 1.82) is 0 Å². The van der Waals surface area contributed by atoms with Crippen LogP contribution >= 0.6 is 11.6 Å². The zero-order valence-electron chi connectivity index (χ0n) is 14.0. The zero-order chi connectivity index (χ0) is 16.1. The van der Waals surface area contributed by atoms with Crippen molar-refractivity contribution in [2.45, 2.75) is 64.3 Å². The van der Waals surface area contributed by atoms with Gasteiger partial charge in [0.15, 0.2) is 6.29 Å². The number of hydrogen-bond acceptors (Lipinski definition) is 2. The standard InChI is InChI=1S/C20H27ClO2/c1-20(12-9-16-5-7-17(21)8-6-16)13-10-18(11-14-20)23-19-4-2-3-15-22-19/h5-9,12,18-19H,2-4,10-11,13-15H2,1H3/b12-9+. The summed E-state index contributed by atoms with van der Waals surface area (Å²) >= 11 is 5.94. The lowest BCUT2D eigenvalue weighted by molar-refractivity contribution is -0.195. The number of hydrogen-bond donors (Lipinski definition) is 0. The summed E-state index contributed by atoms with van der Waals surface area (Å²) in [7, 11) is 0. The van der Waals surface area contributed by atoms with E-state index in [4.69, 9.17) is 21.1 Å². The highest BCUT2D eigenvalue weighted by atomic mass is 35.5. The molecular weight excluding hydrogens is 308 g/mol. The monoisotopic (exact) mass is 334 g/mol. The maximum Gasteiger partial charge on any atom is 0.157 e. The maximum absolute atomic E-state index is 6.14. The number of rotatable bonds is 4. The number of allylic oxidation sites excluding steroid dienone is 1. The first kappa shape index (κ1) is 17.0. The second-order valence-corrected chi connectivity index (χ2v) is 7.61. The van der Waals surface area contributed by atoms with Gasteiger partial charge in [-0.2, -0.15) is 0 Å². The molecular formula is C20H27ClO2. The van der Waals surface area contributed by atoms with Gasteiger partial charge in [-0.3, -0.25) is 0 Å². The molecule has 0 amide bonds. The van der Waals surface area contributed by atoms with E-state index < -0.39 is 0 Å². The minimum atomic E-state index is 0.0442. The van der Waals surface area contributed by atoms with Crippen LogP contribution in [-0.2, 0) is 9.47 Å². The molecule has 1 atom stereocenters. The summed E-state index contributed by atoms with van der Waals surface area (Å²) in [5.41, 5.74) is 1.48. The van der Waals surface area contributed by atoms with Gasteiger partial charge in [-0.25, -0.2) is 0 Å². The molecule has 0 bridgehead atoms. The van der Waals surface area contributed by atoms with E-state index in [1.807, 2.05) is 12.1 Å². The summed E-state index contributed by atoms with van der Waals surface area (Å²) in [6.07, 6.45) is 13.1. The summed E-state index contributed by atoms with van der Waals surface area (Å²) in [6.45, 7) is 3.21. The molecule has 1 heterocycles. The topological polar surface area (TPSA) is 18.5 Å². The third-order valence-electron chi connectivity index (χ3n) is 5.11. The van der Waals surface area contributed by atoms with Gasteiger partial charge in [-0.1, -0.05) is 42.8 Å². The minimum absolute atomic E-state index is 0.0442. The molecule has 3 heteroatoms. The van der Waals surface area contributed by atoms with Crippen LogP contribution in [0, 0.1) is 5.41 Å². The molecule has 2 fully saturated rings. The Hall–Kier alpha value is -0.830. The van der Waals surface area contributed by atoms with Crippen molar-refractivity contribution in [3.05, 3.63) is 40.9 Å². The lowest BCUT2D eigenvalue weighted by Gasteiger charge is -2.37. The second-order valence-electron chi connectivity index (χ2n) is 7.17. The summed E-state index contributed by atoms with van der Waals surface area (Å²) in [5, 5.41) is 0.788. The van der Waals surface area contributed by atoms with Crippen LogP contribution in [0.25, 0.3) is 6.08 Å². The number of halogens is 1. The van der Waals surface area contributed by atoms with Gasteiger partial charge < -0.3 is 9.47 Å². The molecule has 0 spiro atoms. The third kappa shape index (κ3) is 5.07. The fourth-order valence-corrected chi connectivity index (χ4v) is 3.58. The third-order valence-corrected chi connectivity index (χ3v) is 5.36. The van der Waals surface area contributed by atoms with Crippen molar-refractivity contribution in [1.82, 2.24) is 0 Å². The molecule has 0 aromatic heterocycles. The Balaban J connectivity index is 1.49. The second kappa shape index (κ2) is 7.83. The Bertz CT molecular complexity index is 509. The van der Waals surface area contributed by atoms with Gasteiger partial charge in [0.1, 0.15) is 0 Å². The molecule has 1 unspecified atom stereocenters. The zero-order valence-corrected chi connectivity index (χ0v) is 14.7. The Morgan fingerprint density at radius 3 is 2.52 bits per heavy atom. The van der Waals surface area contributed by atoms with Gasteiger partial charge in [0, 0.05) is 11.6 Å². The predicted octanol–water partition coefficient (Wildman–Crippen LogP) is 5.85. The Morgan fingerprint density at radius 1 is 1.13 bits per heavy atom. The molecule has 23 heavy (non-hydrogen) atoms. The van der Waals surface area contributed by atoms with Crippen LogP contribution in [0.15, 0.2) is 30.3 Å². The normalized spacial score (nSPS) is 32.3. The van der Waals surface area contributed by atoms with E-state index in [-0.39, 0.29) is 11.7 Å². The van der Waals surface area contributed by atoms with Crippen molar-refractivity contribution in [2.24, 2.45) is 5.41 Å². The first-order chi connectivity index (χ1) is 11.1. The van der Waals surface area contributed by atoms with Crippen LogP contribution in [0.3, 0.4) is 0 Å². The lowest BCUT2D eigenvalue weighted by atomic mass is 9.74. The molecule has 126 valence electrons. The number of benzene rings is 1. The Morgan fingerprint density at radius 2 is 1.87 bits per heavy atom. The molecule has 1 saturated heterocycles. The highest BCUT2D eigenvalue weighted by molar-refractivity contribution is 6.30. The molecule has 1 aromatic rings. The smallest absolute Gasteiger partial charge is 0.157 e.